The Labute approximate surface area is 130 Å². The molecular formula is C16H13N3O2S. The highest BCUT2D eigenvalue weighted by Gasteiger charge is 2.22. The van der Waals surface area contributed by atoms with E-state index in [1.165, 1.54) is 0 Å². The Morgan fingerprint density at radius 3 is 3.05 bits per heavy atom. The second-order valence-corrected chi connectivity index (χ2v) is 6.26. The highest BCUT2D eigenvalue weighted by Crippen LogP contribution is 2.29. The quantitative estimate of drug-likeness (QED) is 0.788. The van der Waals surface area contributed by atoms with Gasteiger partial charge in [0.15, 0.2) is 5.58 Å². The molecule has 0 bridgehead atoms. The number of carbonyl (C=O) groups excluding carboxylic acids is 1. The molecule has 1 unspecified atom stereocenters. The van der Waals surface area contributed by atoms with Crippen LogP contribution in [0.2, 0.25) is 0 Å². The lowest BCUT2D eigenvalue weighted by Gasteiger charge is -2.18. The zero-order chi connectivity index (χ0) is 15.1. The molecule has 1 atom stereocenters. The van der Waals surface area contributed by atoms with Crippen LogP contribution in [0.5, 0.6) is 0 Å². The summed E-state index contributed by atoms with van der Waals surface area (Å²) in [6.45, 7) is 2.00. The number of benzene rings is 1. The molecule has 0 fully saturated rings. The second-order valence-electron chi connectivity index (χ2n) is 5.32. The van der Waals surface area contributed by atoms with Gasteiger partial charge in [-0.05, 0) is 23.6 Å². The Kier molecular flexibility index (Phi) is 3.04. The molecule has 1 amide bonds. The molecule has 6 heteroatoms. The van der Waals surface area contributed by atoms with E-state index in [1.54, 1.807) is 11.3 Å². The van der Waals surface area contributed by atoms with Crippen molar-refractivity contribution in [3.63, 3.8) is 0 Å². The summed E-state index contributed by atoms with van der Waals surface area (Å²) in [5.41, 5.74) is 5.91. The van der Waals surface area contributed by atoms with Crippen LogP contribution in [-0.4, -0.2) is 16.6 Å². The average Bonchev–Trinajstić information content (AvgIpc) is 3.15. The van der Waals surface area contributed by atoms with Crippen LogP contribution in [0.1, 0.15) is 18.9 Å². The zero-order valence-electron chi connectivity index (χ0n) is 11.9. The molecule has 22 heavy (non-hydrogen) atoms. The van der Waals surface area contributed by atoms with Crippen LogP contribution in [0, 0.1) is 5.92 Å². The molecule has 0 saturated heterocycles. The first-order valence-electron chi connectivity index (χ1n) is 7.02. The molecule has 5 nitrogen and oxygen atoms in total. The summed E-state index contributed by atoms with van der Waals surface area (Å²) in [5, 5.41) is 6.18. The summed E-state index contributed by atoms with van der Waals surface area (Å²) >= 11 is 1.60. The number of thiophene rings is 1. The lowest BCUT2D eigenvalue weighted by Crippen LogP contribution is -2.31. The van der Waals surface area contributed by atoms with E-state index < -0.39 is 0 Å². The van der Waals surface area contributed by atoms with Gasteiger partial charge in [0.2, 0.25) is 11.8 Å². The third kappa shape index (κ3) is 2.21. The minimum Gasteiger partial charge on any atom is -0.435 e. The van der Waals surface area contributed by atoms with Crippen LogP contribution in [0.15, 0.2) is 45.2 Å². The Balaban J connectivity index is 1.76. The van der Waals surface area contributed by atoms with Crippen LogP contribution < -0.4 is 5.43 Å². The SMILES string of the molecule is CC1CC(=O)NN=C1c1ccc2nc(-c3cccs3)oc2c1. The summed E-state index contributed by atoms with van der Waals surface area (Å²) in [5.74, 6) is 0.678. The van der Waals surface area contributed by atoms with Crippen molar-refractivity contribution in [2.45, 2.75) is 13.3 Å². The number of oxazole rings is 1. The van der Waals surface area contributed by atoms with E-state index in [1.807, 2.05) is 42.6 Å². The summed E-state index contributed by atoms with van der Waals surface area (Å²) in [4.78, 5) is 16.9. The summed E-state index contributed by atoms with van der Waals surface area (Å²) < 4.78 is 5.86. The fourth-order valence-electron chi connectivity index (χ4n) is 2.59. The van der Waals surface area contributed by atoms with Gasteiger partial charge in [0.1, 0.15) is 5.52 Å². The third-order valence-corrected chi connectivity index (χ3v) is 4.53. The zero-order valence-corrected chi connectivity index (χ0v) is 12.7. The third-order valence-electron chi connectivity index (χ3n) is 3.68. The van der Waals surface area contributed by atoms with Crippen molar-refractivity contribution in [3.05, 3.63) is 41.3 Å². The monoisotopic (exact) mass is 311 g/mol. The maximum Gasteiger partial charge on any atom is 0.240 e. The first-order chi connectivity index (χ1) is 10.7. The van der Waals surface area contributed by atoms with E-state index in [0.29, 0.717) is 12.3 Å². The van der Waals surface area contributed by atoms with Gasteiger partial charge in [-0.15, -0.1) is 11.3 Å². The topological polar surface area (TPSA) is 67.5 Å². The summed E-state index contributed by atoms with van der Waals surface area (Å²) in [6, 6.07) is 9.79. The largest absolute Gasteiger partial charge is 0.435 e. The van der Waals surface area contributed by atoms with Crippen molar-refractivity contribution in [2.24, 2.45) is 11.0 Å². The maximum absolute atomic E-state index is 11.4. The predicted octanol–water partition coefficient (Wildman–Crippen LogP) is 3.42. The first kappa shape index (κ1) is 13.2. The number of rotatable bonds is 2. The molecule has 2 aromatic heterocycles. The van der Waals surface area contributed by atoms with Gasteiger partial charge < -0.3 is 4.42 Å². The fourth-order valence-corrected chi connectivity index (χ4v) is 3.24. The van der Waals surface area contributed by atoms with Gasteiger partial charge in [-0.2, -0.15) is 5.10 Å². The van der Waals surface area contributed by atoms with Crippen molar-refractivity contribution >= 4 is 34.1 Å². The van der Waals surface area contributed by atoms with Gasteiger partial charge in [-0.3, -0.25) is 4.79 Å². The van der Waals surface area contributed by atoms with E-state index >= 15 is 0 Å². The normalized spacial score (nSPS) is 18.3. The molecule has 3 aromatic rings. The number of aromatic nitrogens is 1. The van der Waals surface area contributed by atoms with Crippen molar-refractivity contribution < 1.29 is 9.21 Å². The molecule has 0 aliphatic carbocycles. The lowest BCUT2D eigenvalue weighted by molar-refractivity contribution is -0.121. The van der Waals surface area contributed by atoms with Gasteiger partial charge in [0.25, 0.3) is 0 Å². The van der Waals surface area contributed by atoms with E-state index in [9.17, 15) is 4.79 Å². The standard InChI is InChI=1S/C16H13N3O2S/c1-9-7-14(20)18-19-15(9)10-4-5-11-12(8-10)21-16(17-11)13-3-2-6-22-13/h2-6,8-9H,7H2,1H3,(H,18,20). The second kappa shape index (κ2) is 5.06. The minimum absolute atomic E-state index is 0.0445. The van der Waals surface area contributed by atoms with Gasteiger partial charge in [0.05, 0.1) is 10.6 Å². The van der Waals surface area contributed by atoms with E-state index in [4.69, 9.17) is 4.42 Å². The molecule has 0 spiro atoms. The lowest BCUT2D eigenvalue weighted by atomic mass is 9.94. The molecule has 1 aliphatic rings. The van der Waals surface area contributed by atoms with Crippen LogP contribution in [0.25, 0.3) is 21.9 Å². The molecule has 1 aromatic carbocycles. The fraction of sp³-hybridized carbons (Fsp3) is 0.188. The van der Waals surface area contributed by atoms with E-state index in [2.05, 4.69) is 15.5 Å². The number of nitrogens with zero attached hydrogens (tertiary/aromatic N) is 2. The van der Waals surface area contributed by atoms with Crippen molar-refractivity contribution in [1.82, 2.24) is 10.4 Å². The summed E-state index contributed by atoms with van der Waals surface area (Å²) in [6.07, 6.45) is 0.452. The highest BCUT2D eigenvalue weighted by atomic mass is 32.1. The van der Waals surface area contributed by atoms with Crippen LogP contribution in [0.3, 0.4) is 0 Å². The predicted molar refractivity (Wildman–Crippen MR) is 85.8 cm³/mol. The highest BCUT2D eigenvalue weighted by molar-refractivity contribution is 7.13. The Morgan fingerprint density at radius 1 is 1.36 bits per heavy atom. The molecule has 4 rings (SSSR count). The van der Waals surface area contributed by atoms with Crippen LogP contribution >= 0.6 is 11.3 Å². The van der Waals surface area contributed by atoms with Crippen molar-refractivity contribution in [3.8, 4) is 10.8 Å². The average molecular weight is 311 g/mol. The molecule has 3 heterocycles. The smallest absolute Gasteiger partial charge is 0.240 e. The molecule has 110 valence electrons. The number of amides is 1. The number of hydrogen-bond acceptors (Lipinski definition) is 5. The van der Waals surface area contributed by atoms with E-state index in [0.717, 1.165) is 27.3 Å². The van der Waals surface area contributed by atoms with Gasteiger partial charge >= 0.3 is 0 Å². The maximum atomic E-state index is 11.4. The molecule has 1 N–H and O–H groups in total. The van der Waals surface area contributed by atoms with Crippen molar-refractivity contribution in [2.75, 3.05) is 0 Å². The number of hydrogen-bond donors (Lipinski definition) is 1. The van der Waals surface area contributed by atoms with Crippen molar-refractivity contribution in [1.29, 1.82) is 0 Å². The molecule has 0 saturated carbocycles. The first-order valence-corrected chi connectivity index (χ1v) is 7.90. The number of nitrogens with one attached hydrogen (secondary N) is 1. The number of hydrazone groups is 1. The number of fused-ring (bicyclic) bond motifs is 1. The summed E-state index contributed by atoms with van der Waals surface area (Å²) in [7, 11) is 0. The van der Waals surface area contributed by atoms with Gasteiger partial charge in [-0.25, -0.2) is 10.4 Å². The van der Waals surface area contributed by atoms with Crippen LogP contribution in [-0.2, 0) is 4.79 Å². The van der Waals surface area contributed by atoms with E-state index in [-0.39, 0.29) is 11.8 Å². The molecular weight excluding hydrogens is 298 g/mol. The molecule has 0 radical (unpaired) electrons. The minimum atomic E-state index is -0.0445. The Hall–Kier alpha value is -2.47. The number of carbonyl (C=O) groups is 1. The van der Waals surface area contributed by atoms with Gasteiger partial charge in [0, 0.05) is 17.9 Å². The van der Waals surface area contributed by atoms with Gasteiger partial charge in [-0.1, -0.05) is 19.1 Å². The Bertz CT molecular complexity index is 880. The Morgan fingerprint density at radius 2 is 2.27 bits per heavy atom. The van der Waals surface area contributed by atoms with Crippen LogP contribution in [0.4, 0.5) is 0 Å². The molecule has 1 aliphatic heterocycles.